The van der Waals surface area contributed by atoms with Crippen LogP contribution in [-0.4, -0.2) is 25.7 Å². The zero-order chi connectivity index (χ0) is 13.9. The summed E-state index contributed by atoms with van der Waals surface area (Å²) in [5.74, 6) is 0. The number of para-hydroxylation sites is 1. The van der Waals surface area contributed by atoms with Crippen molar-refractivity contribution in [2.45, 2.75) is 18.0 Å². The number of hydrogen-bond donors (Lipinski definition) is 3. The first-order valence-electron chi connectivity index (χ1n) is 5.83. The van der Waals surface area contributed by atoms with E-state index in [0.717, 1.165) is 5.56 Å². The first-order valence-corrected chi connectivity index (χ1v) is 7.31. The highest BCUT2D eigenvalue weighted by Crippen LogP contribution is 2.24. The van der Waals surface area contributed by atoms with Gasteiger partial charge in [-0.3, -0.25) is 9.82 Å². The second kappa shape index (κ2) is 5.41. The average Bonchev–Trinajstić information content (AvgIpc) is 2.93. The Balaban J connectivity index is 2.34. The van der Waals surface area contributed by atoms with Crippen LogP contribution < -0.4 is 10.0 Å². The number of benzene rings is 1. The summed E-state index contributed by atoms with van der Waals surface area (Å²) in [5.41, 5.74) is 1.44. The van der Waals surface area contributed by atoms with E-state index >= 15 is 0 Å². The Labute approximate surface area is 112 Å². The van der Waals surface area contributed by atoms with Crippen molar-refractivity contribution >= 4 is 15.7 Å². The molecular formula is C12H16N4O2S. The van der Waals surface area contributed by atoms with Gasteiger partial charge in [0.2, 0.25) is 0 Å². The van der Waals surface area contributed by atoms with Crippen molar-refractivity contribution in [1.82, 2.24) is 15.5 Å². The van der Waals surface area contributed by atoms with Crippen molar-refractivity contribution in [3.63, 3.8) is 0 Å². The molecule has 19 heavy (non-hydrogen) atoms. The van der Waals surface area contributed by atoms with Gasteiger partial charge in [0.1, 0.15) is 0 Å². The zero-order valence-electron chi connectivity index (χ0n) is 10.7. The molecule has 1 atom stereocenters. The molecule has 0 aliphatic carbocycles. The van der Waals surface area contributed by atoms with Gasteiger partial charge in [0.25, 0.3) is 10.0 Å². The molecule has 2 aromatic rings. The van der Waals surface area contributed by atoms with Gasteiger partial charge < -0.3 is 5.32 Å². The summed E-state index contributed by atoms with van der Waals surface area (Å²) < 4.78 is 26.8. The van der Waals surface area contributed by atoms with Crippen molar-refractivity contribution in [3.8, 4) is 0 Å². The number of anilines is 1. The van der Waals surface area contributed by atoms with Crippen molar-refractivity contribution in [3.05, 3.63) is 42.1 Å². The molecule has 1 unspecified atom stereocenters. The van der Waals surface area contributed by atoms with Gasteiger partial charge in [-0.05, 0) is 31.7 Å². The van der Waals surface area contributed by atoms with Crippen LogP contribution in [0.1, 0.15) is 18.5 Å². The molecule has 2 rings (SSSR count). The highest BCUT2D eigenvalue weighted by molar-refractivity contribution is 7.92. The molecule has 1 aromatic carbocycles. The number of rotatable bonds is 5. The highest BCUT2D eigenvalue weighted by Gasteiger charge is 2.18. The van der Waals surface area contributed by atoms with Gasteiger partial charge in [-0.1, -0.05) is 18.2 Å². The summed E-state index contributed by atoms with van der Waals surface area (Å²) in [6, 6.07) is 8.73. The molecule has 0 amide bonds. The van der Waals surface area contributed by atoms with Crippen LogP contribution >= 0.6 is 0 Å². The highest BCUT2D eigenvalue weighted by atomic mass is 32.2. The zero-order valence-corrected chi connectivity index (χ0v) is 11.5. The molecule has 0 saturated heterocycles. The van der Waals surface area contributed by atoms with Crippen LogP contribution in [-0.2, 0) is 10.0 Å². The van der Waals surface area contributed by atoms with Crippen LogP contribution in [0.4, 0.5) is 5.69 Å². The molecule has 0 aliphatic rings. The molecule has 0 fully saturated rings. The van der Waals surface area contributed by atoms with Crippen molar-refractivity contribution in [2.24, 2.45) is 0 Å². The Bertz CT molecular complexity index is 638. The third-order valence-electron chi connectivity index (χ3n) is 2.87. The Morgan fingerprint density at radius 2 is 2.00 bits per heavy atom. The fourth-order valence-corrected chi connectivity index (χ4v) is 2.71. The van der Waals surface area contributed by atoms with E-state index in [0.29, 0.717) is 5.69 Å². The lowest BCUT2D eigenvalue weighted by Crippen LogP contribution is -2.18. The van der Waals surface area contributed by atoms with Gasteiger partial charge in [0, 0.05) is 6.04 Å². The van der Waals surface area contributed by atoms with Crippen molar-refractivity contribution in [2.75, 3.05) is 11.8 Å². The van der Waals surface area contributed by atoms with E-state index in [-0.39, 0.29) is 11.1 Å². The molecule has 102 valence electrons. The minimum absolute atomic E-state index is 0.0411. The maximum atomic E-state index is 12.1. The topological polar surface area (TPSA) is 86.9 Å². The second-order valence-electron chi connectivity index (χ2n) is 4.12. The van der Waals surface area contributed by atoms with Crippen LogP contribution in [0.25, 0.3) is 0 Å². The van der Waals surface area contributed by atoms with E-state index in [2.05, 4.69) is 20.2 Å². The van der Waals surface area contributed by atoms with E-state index in [1.165, 1.54) is 12.3 Å². The van der Waals surface area contributed by atoms with E-state index in [9.17, 15) is 8.42 Å². The Kier molecular flexibility index (Phi) is 3.87. The number of nitrogens with one attached hydrogen (secondary N) is 3. The van der Waals surface area contributed by atoms with Gasteiger partial charge in [-0.15, -0.1) is 0 Å². The van der Waals surface area contributed by atoms with E-state index in [1.54, 1.807) is 12.1 Å². The monoisotopic (exact) mass is 280 g/mol. The molecule has 0 radical (unpaired) electrons. The lowest BCUT2D eigenvalue weighted by molar-refractivity contribution is 0.596. The summed E-state index contributed by atoms with van der Waals surface area (Å²) >= 11 is 0. The molecular weight excluding hydrogens is 264 g/mol. The Morgan fingerprint density at radius 3 is 2.63 bits per heavy atom. The minimum atomic E-state index is -3.63. The minimum Gasteiger partial charge on any atom is -0.313 e. The van der Waals surface area contributed by atoms with E-state index in [4.69, 9.17) is 0 Å². The molecule has 0 aliphatic heterocycles. The van der Waals surface area contributed by atoms with Crippen LogP contribution in [0.5, 0.6) is 0 Å². The quantitative estimate of drug-likeness (QED) is 0.774. The third kappa shape index (κ3) is 2.94. The number of aromatic nitrogens is 2. The van der Waals surface area contributed by atoms with Crippen LogP contribution in [0.15, 0.2) is 41.6 Å². The van der Waals surface area contributed by atoms with Gasteiger partial charge >= 0.3 is 0 Å². The summed E-state index contributed by atoms with van der Waals surface area (Å²) in [6.45, 7) is 1.96. The third-order valence-corrected chi connectivity index (χ3v) is 4.16. The standard InChI is InChI=1S/C12H16N4O2S/c1-9(13-2)10-5-3-4-6-11(10)16-19(17,18)12-7-8-14-15-12/h3-9,13,16H,1-2H3,(H,14,15). The van der Waals surface area contributed by atoms with Gasteiger partial charge in [-0.25, -0.2) is 0 Å². The predicted octanol–water partition coefficient (Wildman–Crippen LogP) is 1.49. The summed E-state index contributed by atoms with van der Waals surface area (Å²) in [6.07, 6.45) is 1.40. The normalized spacial score (nSPS) is 13.2. The molecule has 1 heterocycles. The van der Waals surface area contributed by atoms with Crippen LogP contribution in [0.3, 0.4) is 0 Å². The van der Waals surface area contributed by atoms with Crippen molar-refractivity contribution < 1.29 is 8.42 Å². The number of aromatic amines is 1. The first-order chi connectivity index (χ1) is 9.04. The molecule has 7 heteroatoms. The van der Waals surface area contributed by atoms with E-state index in [1.807, 2.05) is 26.1 Å². The summed E-state index contributed by atoms with van der Waals surface area (Å²) in [5, 5.41) is 9.22. The largest absolute Gasteiger partial charge is 0.313 e. The number of H-pyrrole nitrogens is 1. The Hall–Kier alpha value is -1.86. The van der Waals surface area contributed by atoms with E-state index < -0.39 is 10.0 Å². The van der Waals surface area contributed by atoms with Gasteiger partial charge in [0.15, 0.2) is 5.03 Å². The Morgan fingerprint density at radius 1 is 1.26 bits per heavy atom. The summed E-state index contributed by atoms with van der Waals surface area (Å²) in [7, 11) is -1.81. The maximum absolute atomic E-state index is 12.1. The number of sulfonamides is 1. The molecule has 0 saturated carbocycles. The smallest absolute Gasteiger partial charge is 0.278 e. The number of hydrogen-bond acceptors (Lipinski definition) is 4. The first kappa shape index (κ1) is 13.6. The average molecular weight is 280 g/mol. The summed E-state index contributed by atoms with van der Waals surface area (Å²) in [4.78, 5) is 0. The maximum Gasteiger partial charge on any atom is 0.278 e. The lowest BCUT2D eigenvalue weighted by atomic mass is 10.1. The predicted molar refractivity (Wildman–Crippen MR) is 73.3 cm³/mol. The lowest BCUT2D eigenvalue weighted by Gasteiger charge is -2.16. The molecule has 0 spiro atoms. The molecule has 0 bridgehead atoms. The van der Waals surface area contributed by atoms with Crippen molar-refractivity contribution in [1.29, 1.82) is 0 Å². The SMILES string of the molecule is CNC(C)c1ccccc1NS(=O)(=O)c1ccn[nH]1. The molecule has 3 N–H and O–H groups in total. The molecule has 6 nitrogen and oxygen atoms in total. The fraction of sp³-hybridized carbons (Fsp3) is 0.250. The van der Waals surface area contributed by atoms with Gasteiger partial charge in [-0.2, -0.15) is 13.5 Å². The molecule has 1 aromatic heterocycles. The van der Waals surface area contributed by atoms with Crippen LogP contribution in [0, 0.1) is 0 Å². The van der Waals surface area contributed by atoms with Gasteiger partial charge in [0.05, 0.1) is 11.9 Å². The fourth-order valence-electron chi connectivity index (χ4n) is 1.72. The van der Waals surface area contributed by atoms with Crippen LogP contribution in [0.2, 0.25) is 0 Å². The second-order valence-corrected chi connectivity index (χ2v) is 5.77. The number of nitrogens with zero attached hydrogens (tertiary/aromatic N) is 1.